The van der Waals surface area contributed by atoms with Crippen LogP contribution in [0.5, 0.6) is 0 Å². The number of aromatic nitrogens is 5. The lowest BCUT2D eigenvalue weighted by molar-refractivity contribution is 0.257. The molecule has 0 aliphatic heterocycles. The highest BCUT2D eigenvalue weighted by Gasteiger charge is 2.25. The summed E-state index contributed by atoms with van der Waals surface area (Å²) in [5, 5.41) is 12.7. The van der Waals surface area contributed by atoms with Gasteiger partial charge in [0, 0.05) is 29.9 Å². The van der Waals surface area contributed by atoms with Crippen LogP contribution in [0.25, 0.3) is 16.8 Å². The Labute approximate surface area is 189 Å². The Morgan fingerprint density at radius 2 is 2.09 bits per heavy atom. The van der Waals surface area contributed by atoms with Gasteiger partial charge in [0.2, 0.25) is 0 Å². The van der Waals surface area contributed by atoms with E-state index >= 15 is 0 Å². The molecular weight excluding hydrogens is 422 g/mol. The molecule has 1 aromatic carbocycles. The lowest BCUT2D eigenvalue weighted by Crippen LogP contribution is -2.24. The highest BCUT2D eigenvalue weighted by atomic mass is 32.2. The van der Waals surface area contributed by atoms with Crippen molar-refractivity contribution in [2.24, 2.45) is 0 Å². The van der Waals surface area contributed by atoms with Crippen molar-refractivity contribution in [3.8, 4) is 11.1 Å². The Morgan fingerprint density at radius 3 is 2.97 bits per heavy atom. The fourth-order valence-electron chi connectivity index (χ4n) is 4.53. The number of hydrogen-bond donors (Lipinski definition) is 2. The van der Waals surface area contributed by atoms with Gasteiger partial charge in [-0.3, -0.25) is 9.40 Å². The minimum absolute atomic E-state index is 0.250. The van der Waals surface area contributed by atoms with Crippen LogP contribution >= 0.6 is 11.9 Å². The molecule has 162 valence electrons. The Balaban J connectivity index is 1.30. The van der Waals surface area contributed by atoms with E-state index in [1.165, 1.54) is 35.9 Å². The molecule has 8 nitrogen and oxygen atoms in total. The molecule has 0 radical (unpaired) electrons. The number of amides is 2. The van der Waals surface area contributed by atoms with E-state index < -0.39 is 0 Å². The Kier molecular flexibility index (Phi) is 4.64. The number of aryl methyl sites for hydroxylation is 2. The Bertz CT molecular complexity index is 1340. The first-order chi connectivity index (χ1) is 15.7. The van der Waals surface area contributed by atoms with Gasteiger partial charge in [0.1, 0.15) is 11.4 Å². The monoisotopic (exact) mass is 445 g/mol. The lowest BCUT2D eigenvalue weighted by atomic mass is 9.93. The molecule has 3 aromatic heterocycles. The zero-order valence-corrected chi connectivity index (χ0v) is 18.5. The van der Waals surface area contributed by atoms with Crippen molar-refractivity contribution in [2.45, 2.75) is 50.1 Å². The zero-order chi connectivity index (χ0) is 21.7. The summed E-state index contributed by atoms with van der Waals surface area (Å²) in [5.74, 6) is 0. The first-order valence-electron chi connectivity index (χ1n) is 10.9. The number of fused-ring (bicyclic) bond motifs is 2. The molecule has 1 fully saturated rings. The number of urea groups is 1. The number of pyridine rings is 1. The summed E-state index contributed by atoms with van der Waals surface area (Å²) < 4.78 is 6.62. The predicted molar refractivity (Wildman–Crippen MR) is 124 cm³/mol. The number of rotatable bonds is 5. The molecule has 0 atom stereocenters. The van der Waals surface area contributed by atoms with Crippen molar-refractivity contribution < 1.29 is 4.79 Å². The maximum Gasteiger partial charge on any atom is 0.329 e. The van der Waals surface area contributed by atoms with Gasteiger partial charge in [-0.1, -0.05) is 6.07 Å². The normalized spacial score (nSPS) is 15.2. The molecule has 2 aliphatic carbocycles. The second-order valence-electron chi connectivity index (χ2n) is 8.44. The second kappa shape index (κ2) is 7.67. The van der Waals surface area contributed by atoms with Crippen LogP contribution in [-0.2, 0) is 12.8 Å². The average molecular weight is 446 g/mol. The molecular formula is C23H23N7OS. The second-order valence-corrected chi connectivity index (χ2v) is 9.26. The van der Waals surface area contributed by atoms with Crippen LogP contribution in [-0.4, -0.2) is 30.4 Å². The number of nitrogens with one attached hydrogen (secondary N) is 2. The number of nitrogens with zero attached hydrogens (tertiary/aromatic N) is 5. The topological polar surface area (TPSA) is 89.1 Å². The van der Waals surface area contributed by atoms with Gasteiger partial charge >= 0.3 is 6.03 Å². The fourth-order valence-corrected chi connectivity index (χ4v) is 5.04. The van der Waals surface area contributed by atoms with Gasteiger partial charge in [0.25, 0.3) is 0 Å². The lowest BCUT2D eigenvalue weighted by Gasteiger charge is -2.19. The van der Waals surface area contributed by atoms with Crippen molar-refractivity contribution in [3.05, 3.63) is 59.7 Å². The third-order valence-electron chi connectivity index (χ3n) is 6.16. The first kappa shape index (κ1) is 19.4. The number of benzene rings is 1. The van der Waals surface area contributed by atoms with Gasteiger partial charge in [-0.25, -0.2) is 14.3 Å². The molecule has 4 aromatic rings. The summed E-state index contributed by atoms with van der Waals surface area (Å²) >= 11 is 1.24. The largest absolute Gasteiger partial charge is 0.329 e. The standard InChI is InChI=1S/C23H23N7OS/c1-14-11-15-3-2-4-18(15)22(21(14)16-7-9-30-19(12-16)24-13-25-30)26-23(31)28-32-20-8-10-29(27-20)17-5-6-17/h7-13,17H,2-6H2,1H3,(H2,26,28,31). The smallest absolute Gasteiger partial charge is 0.306 e. The van der Waals surface area contributed by atoms with Gasteiger partial charge in [-0.2, -0.15) is 10.2 Å². The van der Waals surface area contributed by atoms with Crippen LogP contribution in [0, 0.1) is 6.92 Å². The van der Waals surface area contributed by atoms with Crippen LogP contribution in [0.3, 0.4) is 0 Å². The van der Waals surface area contributed by atoms with E-state index in [4.69, 9.17) is 0 Å². The SMILES string of the molecule is Cc1cc2c(c(NC(=O)NSc3ccn(C4CC4)n3)c1-c1ccn3ncnc3c1)CCC2. The van der Waals surface area contributed by atoms with E-state index in [0.717, 1.165) is 52.3 Å². The summed E-state index contributed by atoms with van der Waals surface area (Å²) in [6, 6.07) is 8.51. The number of carbonyl (C=O) groups excluding carboxylic acids is 1. The molecule has 0 saturated heterocycles. The van der Waals surface area contributed by atoms with Crippen LogP contribution in [0.4, 0.5) is 10.5 Å². The quantitative estimate of drug-likeness (QED) is 0.440. The minimum Gasteiger partial charge on any atom is -0.306 e. The van der Waals surface area contributed by atoms with Crippen LogP contribution in [0.1, 0.15) is 42.0 Å². The van der Waals surface area contributed by atoms with Crippen molar-refractivity contribution in [1.29, 1.82) is 0 Å². The Hall–Kier alpha value is -3.33. The van der Waals surface area contributed by atoms with E-state index in [-0.39, 0.29) is 6.03 Å². The maximum absolute atomic E-state index is 12.9. The third kappa shape index (κ3) is 3.52. The molecule has 0 bridgehead atoms. The van der Waals surface area contributed by atoms with Gasteiger partial charge in [-0.15, -0.1) is 0 Å². The molecule has 6 rings (SSSR count). The Morgan fingerprint density at radius 1 is 1.19 bits per heavy atom. The van der Waals surface area contributed by atoms with Crippen LogP contribution in [0.2, 0.25) is 0 Å². The van der Waals surface area contributed by atoms with Crippen LogP contribution in [0.15, 0.2) is 48.0 Å². The summed E-state index contributed by atoms with van der Waals surface area (Å²) in [7, 11) is 0. The molecule has 2 amide bonds. The zero-order valence-electron chi connectivity index (χ0n) is 17.7. The summed E-state index contributed by atoms with van der Waals surface area (Å²) in [4.78, 5) is 17.2. The van der Waals surface area contributed by atoms with Crippen molar-refractivity contribution in [2.75, 3.05) is 5.32 Å². The molecule has 9 heteroatoms. The van der Waals surface area contributed by atoms with Crippen molar-refractivity contribution in [3.63, 3.8) is 0 Å². The molecule has 2 N–H and O–H groups in total. The number of anilines is 1. The van der Waals surface area contributed by atoms with Gasteiger partial charge < -0.3 is 5.32 Å². The summed E-state index contributed by atoms with van der Waals surface area (Å²) in [5.41, 5.74) is 7.41. The number of carbonyl (C=O) groups is 1. The van der Waals surface area contributed by atoms with Gasteiger partial charge in [0.15, 0.2) is 5.65 Å². The minimum atomic E-state index is -0.250. The molecule has 3 heterocycles. The van der Waals surface area contributed by atoms with Crippen molar-refractivity contribution >= 4 is 29.3 Å². The van der Waals surface area contributed by atoms with E-state index in [1.54, 1.807) is 10.8 Å². The highest BCUT2D eigenvalue weighted by molar-refractivity contribution is 7.97. The first-order valence-corrected chi connectivity index (χ1v) is 11.7. The van der Waals surface area contributed by atoms with E-state index in [1.807, 2.05) is 35.3 Å². The summed E-state index contributed by atoms with van der Waals surface area (Å²) in [6.45, 7) is 2.10. The average Bonchev–Trinajstić information content (AvgIpc) is 3.17. The third-order valence-corrected chi connectivity index (χ3v) is 6.87. The van der Waals surface area contributed by atoms with Crippen molar-refractivity contribution in [1.82, 2.24) is 29.1 Å². The van der Waals surface area contributed by atoms with E-state index in [0.29, 0.717) is 6.04 Å². The fraction of sp³-hybridized carbons (Fsp3) is 0.304. The maximum atomic E-state index is 12.9. The van der Waals surface area contributed by atoms with E-state index in [9.17, 15) is 4.79 Å². The van der Waals surface area contributed by atoms with Gasteiger partial charge in [-0.05, 0) is 79.5 Å². The number of hydrogen-bond acceptors (Lipinski definition) is 5. The molecule has 2 aliphatic rings. The molecule has 0 unspecified atom stereocenters. The van der Waals surface area contributed by atoms with E-state index in [2.05, 4.69) is 38.2 Å². The molecule has 1 saturated carbocycles. The predicted octanol–water partition coefficient (Wildman–Crippen LogP) is 4.55. The van der Waals surface area contributed by atoms with Crippen LogP contribution < -0.4 is 10.0 Å². The molecule has 0 spiro atoms. The summed E-state index contributed by atoms with van der Waals surface area (Å²) in [6.07, 6.45) is 10.9. The molecule has 32 heavy (non-hydrogen) atoms. The van der Waals surface area contributed by atoms with Gasteiger partial charge in [0.05, 0.1) is 11.7 Å². The highest BCUT2D eigenvalue weighted by Crippen LogP contribution is 2.40.